The van der Waals surface area contributed by atoms with Crippen LogP contribution in [0.1, 0.15) is 4.88 Å². The number of rotatable bonds is 4. The molecule has 1 aromatic heterocycles. The molecule has 0 aliphatic rings. The van der Waals surface area contributed by atoms with Gasteiger partial charge in [0, 0.05) is 10.3 Å². The standard InChI is InChI=1S/C12H14N2O3S2/c1-9-12(19(13,15)16)11(8-18-9)14(17-2)10-6-4-3-5-7-10/h3-8H,1-2H3,(H2,13,15,16). The Hall–Kier alpha value is -1.41. The number of para-hydroxylation sites is 1. The summed E-state index contributed by atoms with van der Waals surface area (Å²) in [4.78, 5) is 6.03. The van der Waals surface area contributed by atoms with Crippen LogP contribution in [0.25, 0.3) is 0 Å². The maximum absolute atomic E-state index is 11.7. The third-order valence-corrected chi connectivity index (χ3v) is 4.69. The van der Waals surface area contributed by atoms with E-state index in [1.165, 1.54) is 23.5 Å². The SMILES string of the molecule is CON(c1ccccc1)c1csc(C)c1S(N)(=O)=O. The van der Waals surface area contributed by atoms with Gasteiger partial charge in [0.15, 0.2) is 0 Å². The molecule has 0 aliphatic carbocycles. The van der Waals surface area contributed by atoms with Crippen molar-refractivity contribution in [2.45, 2.75) is 11.8 Å². The van der Waals surface area contributed by atoms with E-state index in [1.54, 1.807) is 12.3 Å². The summed E-state index contributed by atoms with van der Waals surface area (Å²) in [6.45, 7) is 1.72. The molecule has 0 atom stereocenters. The van der Waals surface area contributed by atoms with Crippen LogP contribution < -0.4 is 10.2 Å². The molecule has 0 saturated heterocycles. The van der Waals surface area contributed by atoms with Gasteiger partial charge in [-0.1, -0.05) is 18.2 Å². The minimum atomic E-state index is -3.80. The molecular formula is C12H14N2O3S2. The van der Waals surface area contributed by atoms with Gasteiger partial charge in [-0.15, -0.1) is 11.3 Å². The molecule has 0 bridgehead atoms. The summed E-state index contributed by atoms with van der Waals surface area (Å²) in [7, 11) is -2.32. The fourth-order valence-electron chi connectivity index (χ4n) is 1.82. The summed E-state index contributed by atoms with van der Waals surface area (Å²) >= 11 is 1.32. The van der Waals surface area contributed by atoms with E-state index in [4.69, 9.17) is 9.98 Å². The zero-order valence-corrected chi connectivity index (χ0v) is 12.2. The van der Waals surface area contributed by atoms with Gasteiger partial charge in [0.2, 0.25) is 10.0 Å². The maximum Gasteiger partial charge on any atom is 0.241 e. The number of aryl methyl sites for hydroxylation is 1. The molecular weight excluding hydrogens is 284 g/mol. The van der Waals surface area contributed by atoms with Gasteiger partial charge >= 0.3 is 0 Å². The van der Waals surface area contributed by atoms with Gasteiger partial charge in [-0.25, -0.2) is 18.6 Å². The number of anilines is 2. The number of nitrogens with zero attached hydrogens (tertiary/aromatic N) is 1. The molecule has 19 heavy (non-hydrogen) atoms. The second-order valence-corrected chi connectivity index (χ2v) is 6.45. The van der Waals surface area contributed by atoms with Crippen LogP contribution in [0.3, 0.4) is 0 Å². The third-order valence-electron chi connectivity index (χ3n) is 2.58. The molecule has 0 aliphatic heterocycles. The summed E-state index contributed by atoms with van der Waals surface area (Å²) in [5.74, 6) is 0. The van der Waals surface area contributed by atoms with Gasteiger partial charge in [0.1, 0.15) is 10.6 Å². The second-order valence-electron chi connectivity index (χ2n) is 3.86. The number of hydrogen-bond donors (Lipinski definition) is 1. The topological polar surface area (TPSA) is 72.6 Å². The number of benzene rings is 1. The Morgan fingerprint density at radius 2 is 1.89 bits per heavy atom. The molecule has 0 unspecified atom stereocenters. The van der Waals surface area contributed by atoms with E-state index in [0.29, 0.717) is 10.6 Å². The molecule has 102 valence electrons. The summed E-state index contributed by atoms with van der Waals surface area (Å²) in [5, 5.41) is 8.43. The Balaban J connectivity index is 2.58. The predicted molar refractivity (Wildman–Crippen MR) is 76.0 cm³/mol. The van der Waals surface area contributed by atoms with Gasteiger partial charge in [0.25, 0.3) is 0 Å². The van der Waals surface area contributed by atoms with Gasteiger partial charge in [-0.3, -0.25) is 4.84 Å². The molecule has 0 amide bonds. The van der Waals surface area contributed by atoms with Crippen LogP contribution in [0, 0.1) is 6.92 Å². The fourth-order valence-corrected chi connectivity index (χ4v) is 3.94. The highest BCUT2D eigenvalue weighted by molar-refractivity contribution is 7.89. The zero-order chi connectivity index (χ0) is 14.0. The van der Waals surface area contributed by atoms with Gasteiger partial charge in [-0.05, 0) is 19.1 Å². The average molecular weight is 298 g/mol. The predicted octanol–water partition coefficient (Wildman–Crippen LogP) is 2.40. The number of hydrogen-bond acceptors (Lipinski definition) is 5. The van der Waals surface area contributed by atoms with Crippen molar-refractivity contribution in [3.63, 3.8) is 0 Å². The second kappa shape index (κ2) is 5.30. The Kier molecular flexibility index (Phi) is 3.91. The highest BCUT2D eigenvalue weighted by Gasteiger charge is 2.24. The molecule has 0 saturated carbocycles. The smallest absolute Gasteiger partial charge is 0.241 e. The lowest BCUT2D eigenvalue weighted by Crippen LogP contribution is -2.20. The van der Waals surface area contributed by atoms with Crippen LogP contribution in [0.5, 0.6) is 0 Å². The van der Waals surface area contributed by atoms with Crippen LogP contribution >= 0.6 is 11.3 Å². The van der Waals surface area contributed by atoms with E-state index < -0.39 is 10.0 Å². The Morgan fingerprint density at radius 3 is 2.42 bits per heavy atom. The molecule has 2 aromatic rings. The fraction of sp³-hybridized carbons (Fsp3) is 0.167. The lowest BCUT2D eigenvalue weighted by atomic mass is 10.3. The van der Waals surface area contributed by atoms with Crippen LogP contribution in [0.4, 0.5) is 11.4 Å². The largest absolute Gasteiger partial charge is 0.272 e. The van der Waals surface area contributed by atoms with E-state index in [9.17, 15) is 8.42 Å². The average Bonchev–Trinajstić information content (AvgIpc) is 2.73. The van der Waals surface area contributed by atoms with E-state index >= 15 is 0 Å². The van der Waals surface area contributed by atoms with E-state index in [-0.39, 0.29) is 4.90 Å². The van der Waals surface area contributed by atoms with Crippen molar-refractivity contribution in [1.29, 1.82) is 0 Å². The summed E-state index contributed by atoms with van der Waals surface area (Å²) in [5.41, 5.74) is 1.16. The van der Waals surface area contributed by atoms with Gasteiger partial charge < -0.3 is 0 Å². The third kappa shape index (κ3) is 2.79. The van der Waals surface area contributed by atoms with Crippen LogP contribution in [0.2, 0.25) is 0 Å². The molecule has 0 spiro atoms. The Labute approximate surface area is 116 Å². The lowest BCUT2D eigenvalue weighted by Gasteiger charge is -2.21. The molecule has 1 heterocycles. The van der Waals surface area contributed by atoms with E-state index in [1.807, 2.05) is 30.3 Å². The minimum absolute atomic E-state index is 0.100. The first-order valence-corrected chi connectivity index (χ1v) is 7.88. The molecule has 5 nitrogen and oxygen atoms in total. The van der Waals surface area contributed by atoms with Gasteiger partial charge in [-0.2, -0.15) is 0 Å². The van der Waals surface area contributed by atoms with Crippen LogP contribution in [-0.4, -0.2) is 15.5 Å². The van der Waals surface area contributed by atoms with Crippen LogP contribution in [0.15, 0.2) is 40.6 Å². The van der Waals surface area contributed by atoms with Crippen molar-refractivity contribution in [2.75, 3.05) is 12.2 Å². The number of sulfonamides is 1. The first-order chi connectivity index (χ1) is 8.95. The van der Waals surface area contributed by atoms with Crippen molar-refractivity contribution in [1.82, 2.24) is 0 Å². The molecule has 0 fully saturated rings. The number of primary sulfonamides is 1. The van der Waals surface area contributed by atoms with Crippen molar-refractivity contribution < 1.29 is 13.3 Å². The molecule has 2 rings (SSSR count). The number of nitrogens with two attached hydrogens (primary N) is 1. The lowest BCUT2D eigenvalue weighted by molar-refractivity contribution is 0.200. The molecule has 0 radical (unpaired) electrons. The quantitative estimate of drug-likeness (QED) is 0.880. The number of thiophene rings is 1. The zero-order valence-electron chi connectivity index (χ0n) is 10.5. The van der Waals surface area contributed by atoms with Crippen molar-refractivity contribution in [2.24, 2.45) is 5.14 Å². The monoisotopic (exact) mass is 298 g/mol. The summed E-state index contributed by atoms with van der Waals surface area (Å²) in [6, 6.07) is 9.21. The highest BCUT2D eigenvalue weighted by Crippen LogP contribution is 2.36. The van der Waals surface area contributed by atoms with E-state index in [0.717, 1.165) is 5.69 Å². The van der Waals surface area contributed by atoms with Gasteiger partial charge in [0.05, 0.1) is 12.8 Å². The Bertz CT molecular complexity index is 666. The normalized spacial score (nSPS) is 11.5. The van der Waals surface area contributed by atoms with Crippen molar-refractivity contribution in [3.8, 4) is 0 Å². The van der Waals surface area contributed by atoms with E-state index in [2.05, 4.69) is 0 Å². The molecule has 2 N–H and O–H groups in total. The Morgan fingerprint density at radius 1 is 1.26 bits per heavy atom. The van der Waals surface area contributed by atoms with Crippen LogP contribution in [-0.2, 0) is 14.9 Å². The molecule has 1 aromatic carbocycles. The first kappa shape index (κ1) is 14.0. The van der Waals surface area contributed by atoms with Crippen molar-refractivity contribution >= 4 is 32.7 Å². The van der Waals surface area contributed by atoms with Crippen molar-refractivity contribution in [3.05, 3.63) is 40.6 Å². The summed E-state index contributed by atoms with van der Waals surface area (Å²) in [6.07, 6.45) is 0. The maximum atomic E-state index is 11.7. The first-order valence-electron chi connectivity index (χ1n) is 5.45. The highest BCUT2D eigenvalue weighted by atomic mass is 32.2. The molecule has 7 heteroatoms. The summed E-state index contributed by atoms with van der Waals surface area (Å²) < 4.78 is 23.4. The minimum Gasteiger partial charge on any atom is -0.272 e.